The molecule has 2 heterocycles. The Bertz CT molecular complexity index is 558. The van der Waals surface area contributed by atoms with Gasteiger partial charge in [-0.25, -0.2) is 0 Å². The summed E-state index contributed by atoms with van der Waals surface area (Å²) in [6.07, 6.45) is 1.79. The molecule has 136 valence electrons. The second-order valence-electron chi connectivity index (χ2n) is 6.13. The Morgan fingerprint density at radius 3 is 2.88 bits per heavy atom. The van der Waals surface area contributed by atoms with Crippen LogP contribution in [0.15, 0.2) is 15.6 Å². The summed E-state index contributed by atoms with van der Waals surface area (Å²) in [5.41, 5.74) is 0.948. The van der Waals surface area contributed by atoms with Gasteiger partial charge in [-0.3, -0.25) is 9.79 Å². The molecule has 1 unspecified atom stereocenters. The highest BCUT2D eigenvalue weighted by Gasteiger charge is 2.27. The van der Waals surface area contributed by atoms with Crippen molar-refractivity contribution < 1.29 is 9.32 Å². The lowest BCUT2D eigenvalue weighted by atomic mass is 10.2. The van der Waals surface area contributed by atoms with Crippen LogP contribution in [0, 0.1) is 5.92 Å². The van der Waals surface area contributed by atoms with Crippen molar-refractivity contribution in [2.75, 3.05) is 20.1 Å². The quantitative estimate of drug-likeness (QED) is 0.407. The summed E-state index contributed by atoms with van der Waals surface area (Å²) in [7, 11) is 1.74. The van der Waals surface area contributed by atoms with Gasteiger partial charge in [0.15, 0.2) is 11.7 Å². The van der Waals surface area contributed by atoms with Crippen molar-refractivity contribution in [1.82, 2.24) is 20.7 Å². The Morgan fingerprint density at radius 2 is 2.29 bits per heavy atom. The number of likely N-dealkylation sites (tertiary alicyclic amines) is 1. The summed E-state index contributed by atoms with van der Waals surface area (Å²) in [5.74, 6) is 1.76. The first-order valence-corrected chi connectivity index (χ1v) is 8.23. The zero-order valence-corrected chi connectivity index (χ0v) is 17.2. The Kier molecular flexibility index (Phi) is 8.51. The molecule has 0 saturated carbocycles. The fourth-order valence-corrected chi connectivity index (χ4v) is 2.61. The number of nitrogens with zero attached hydrogens (tertiary/aromatic N) is 3. The van der Waals surface area contributed by atoms with Crippen LogP contribution in [0.5, 0.6) is 0 Å². The number of guanidine groups is 1. The molecular weight excluding hydrogens is 421 g/mol. The van der Waals surface area contributed by atoms with Crippen molar-refractivity contribution in [2.24, 2.45) is 10.9 Å². The minimum absolute atomic E-state index is 0. The van der Waals surface area contributed by atoms with Gasteiger partial charge in [-0.05, 0) is 12.8 Å². The van der Waals surface area contributed by atoms with Gasteiger partial charge in [-0.15, -0.1) is 24.0 Å². The maximum Gasteiger partial charge on any atom is 0.225 e. The Hall–Kier alpha value is -1.32. The maximum absolute atomic E-state index is 12.0. The van der Waals surface area contributed by atoms with Crippen molar-refractivity contribution in [2.45, 2.75) is 46.2 Å². The number of amides is 1. The number of hydrogen-bond acceptors (Lipinski definition) is 4. The second kappa shape index (κ2) is 9.85. The molecule has 1 aliphatic heterocycles. The molecule has 1 fully saturated rings. The number of aliphatic imine (C=N–C) groups is 1. The minimum Gasteiger partial charge on any atom is -0.359 e. The minimum atomic E-state index is 0. The molecule has 2 N–H and O–H groups in total. The Labute approximate surface area is 160 Å². The van der Waals surface area contributed by atoms with Crippen LogP contribution in [0.3, 0.4) is 0 Å². The lowest BCUT2D eigenvalue weighted by molar-refractivity contribution is -0.133. The van der Waals surface area contributed by atoms with Gasteiger partial charge in [-0.2, -0.15) is 0 Å². The van der Waals surface area contributed by atoms with Gasteiger partial charge in [0.1, 0.15) is 0 Å². The van der Waals surface area contributed by atoms with Gasteiger partial charge in [0, 0.05) is 38.2 Å². The number of hydrogen-bond donors (Lipinski definition) is 2. The van der Waals surface area contributed by atoms with E-state index in [1.165, 1.54) is 0 Å². The van der Waals surface area contributed by atoms with E-state index in [1.54, 1.807) is 7.05 Å². The molecular formula is C16H28IN5O2. The number of aromatic nitrogens is 1. The predicted molar refractivity (Wildman–Crippen MR) is 104 cm³/mol. The lowest BCUT2D eigenvalue weighted by Crippen LogP contribution is -2.45. The average molecular weight is 449 g/mol. The second-order valence-corrected chi connectivity index (χ2v) is 6.13. The highest BCUT2D eigenvalue weighted by molar-refractivity contribution is 14.0. The van der Waals surface area contributed by atoms with Gasteiger partial charge in [0.2, 0.25) is 5.91 Å². The summed E-state index contributed by atoms with van der Waals surface area (Å²) in [6, 6.07) is 2.17. The monoisotopic (exact) mass is 449 g/mol. The van der Waals surface area contributed by atoms with E-state index in [0.717, 1.165) is 37.4 Å². The van der Waals surface area contributed by atoms with Crippen LogP contribution < -0.4 is 10.6 Å². The molecule has 1 amide bonds. The maximum atomic E-state index is 12.0. The van der Waals surface area contributed by atoms with Crippen molar-refractivity contribution in [3.8, 4) is 0 Å². The van der Waals surface area contributed by atoms with E-state index in [9.17, 15) is 4.79 Å². The molecule has 1 aliphatic rings. The molecule has 1 aromatic rings. The van der Waals surface area contributed by atoms with Crippen LogP contribution in [0.25, 0.3) is 0 Å². The molecule has 8 heteroatoms. The molecule has 0 radical (unpaired) electrons. The summed E-state index contributed by atoms with van der Waals surface area (Å²) >= 11 is 0. The summed E-state index contributed by atoms with van der Waals surface area (Å²) in [6.45, 7) is 7.97. The highest BCUT2D eigenvalue weighted by Crippen LogP contribution is 2.12. The molecule has 2 rings (SSSR count). The van der Waals surface area contributed by atoms with Gasteiger partial charge in [0.25, 0.3) is 0 Å². The molecule has 24 heavy (non-hydrogen) atoms. The number of rotatable bonds is 5. The van der Waals surface area contributed by atoms with E-state index in [2.05, 4.69) is 20.8 Å². The molecule has 7 nitrogen and oxygen atoms in total. The Balaban J connectivity index is 0.00000288. The van der Waals surface area contributed by atoms with Crippen LogP contribution >= 0.6 is 24.0 Å². The molecule has 0 aromatic carbocycles. The molecule has 1 saturated heterocycles. The molecule has 0 aliphatic carbocycles. The third-order valence-corrected chi connectivity index (χ3v) is 3.96. The highest BCUT2D eigenvalue weighted by atomic mass is 127. The van der Waals surface area contributed by atoms with E-state index in [1.807, 2.05) is 31.7 Å². The van der Waals surface area contributed by atoms with E-state index < -0.39 is 0 Å². The van der Waals surface area contributed by atoms with Gasteiger partial charge < -0.3 is 20.1 Å². The predicted octanol–water partition coefficient (Wildman–Crippen LogP) is 1.78. The molecule has 1 aromatic heterocycles. The van der Waals surface area contributed by atoms with E-state index in [-0.39, 0.29) is 41.8 Å². The van der Waals surface area contributed by atoms with E-state index in [0.29, 0.717) is 12.5 Å². The van der Waals surface area contributed by atoms with Gasteiger partial charge in [-0.1, -0.05) is 25.9 Å². The fraction of sp³-hybridized carbons (Fsp3) is 0.688. The van der Waals surface area contributed by atoms with Crippen molar-refractivity contribution >= 4 is 35.8 Å². The van der Waals surface area contributed by atoms with Gasteiger partial charge in [0.05, 0.1) is 12.2 Å². The van der Waals surface area contributed by atoms with Crippen LogP contribution in [-0.4, -0.2) is 48.1 Å². The SMILES string of the molecule is CCc1cc(CNC(=NC)NC2CCN(C(=O)C(C)C)C2)on1.I. The average Bonchev–Trinajstić information content (AvgIpc) is 3.19. The van der Waals surface area contributed by atoms with Gasteiger partial charge >= 0.3 is 0 Å². The molecule has 0 bridgehead atoms. The fourth-order valence-electron chi connectivity index (χ4n) is 2.61. The number of halogens is 1. The molecule has 0 spiro atoms. The first-order valence-electron chi connectivity index (χ1n) is 8.23. The van der Waals surface area contributed by atoms with Crippen LogP contribution in [0.4, 0.5) is 0 Å². The number of carbonyl (C=O) groups excluding carboxylic acids is 1. The van der Waals surface area contributed by atoms with E-state index >= 15 is 0 Å². The zero-order chi connectivity index (χ0) is 16.8. The van der Waals surface area contributed by atoms with Crippen molar-refractivity contribution in [3.05, 3.63) is 17.5 Å². The third-order valence-electron chi connectivity index (χ3n) is 3.96. The topological polar surface area (TPSA) is 82.8 Å². The Morgan fingerprint density at radius 1 is 1.54 bits per heavy atom. The number of nitrogens with one attached hydrogen (secondary N) is 2. The zero-order valence-electron chi connectivity index (χ0n) is 14.8. The first kappa shape index (κ1) is 20.7. The number of carbonyl (C=O) groups is 1. The lowest BCUT2D eigenvalue weighted by Gasteiger charge is -2.20. The summed E-state index contributed by atoms with van der Waals surface area (Å²) in [4.78, 5) is 18.2. The van der Waals surface area contributed by atoms with Crippen molar-refractivity contribution in [1.29, 1.82) is 0 Å². The first-order chi connectivity index (χ1) is 11.0. The van der Waals surface area contributed by atoms with E-state index in [4.69, 9.17) is 4.52 Å². The normalized spacial score (nSPS) is 17.8. The van der Waals surface area contributed by atoms with Crippen LogP contribution in [-0.2, 0) is 17.8 Å². The van der Waals surface area contributed by atoms with Crippen LogP contribution in [0.1, 0.15) is 38.6 Å². The number of aryl methyl sites for hydroxylation is 1. The summed E-state index contributed by atoms with van der Waals surface area (Å²) in [5, 5.41) is 10.6. The third kappa shape index (κ3) is 5.64. The smallest absolute Gasteiger partial charge is 0.225 e. The largest absolute Gasteiger partial charge is 0.359 e. The molecule has 1 atom stereocenters. The summed E-state index contributed by atoms with van der Waals surface area (Å²) < 4.78 is 5.25. The van der Waals surface area contributed by atoms with Crippen molar-refractivity contribution in [3.63, 3.8) is 0 Å². The van der Waals surface area contributed by atoms with Crippen LogP contribution in [0.2, 0.25) is 0 Å². The standard InChI is InChI=1S/C16H27N5O2.HI/c1-5-12-8-14(23-20-12)9-18-16(17-4)19-13-6-7-21(10-13)15(22)11(2)3;/h8,11,13H,5-7,9-10H2,1-4H3,(H2,17,18,19);1H.